The van der Waals surface area contributed by atoms with Crippen molar-refractivity contribution in [2.45, 2.75) is 13.0 Å². The second kappa shape index (κ2) is 6.28. The molecule has 0 heterocycles. The second-order valence-electron chi connectivity index (χ2n) is 4.71. The summed E-state index contributed by atoms with van der Waals surface area (Å²) in [7, 11) is 1.63. The van der Waals surface area contributed by atoms with Crippen molar-refractivity contribution in [1.29, 1.82) is 0 Å². The summed E-state index contributed by atoms with van der Waals surface area (Å²) in [6.07, 6.45) is 0. The average Bonchev–Trinajstić information content (AvgIpc) is 2.53. The van der Waals surface area contributed by atoms with Crippen LogP contribution < -0.4 is 10.5 Å². The van der Waals surface area contributed by atoms with Gasteiger partial charge in [-0.25, -0.2) is 4.79 Å². The SMILES string of the molecule is COc1ccc(-c2ccc(C(C)N(O)C(N)=O)cc2)cc1. The van der Waals surface area contributed by atoms with Crippen LogP contribution in [-0.2, 0) is 0 Å². The van der Waals surface area contributed by atoms with Gasteiger partial charge in [0, 0.05) is 0 Å². The number of carbonyl (C=O) groups excluding carboxylic acids is 1. The fourth-order valence-corrected chi connectivity index (χ4v) is 2.07. The van der Waals surface area contributed by atoms with Crippen LogP contribution in [0.5, 0.6) is 5.75 Å². The Morgan fingerprint density at radius 2 is 1.57 bits per heavy atom. The van der Waals surface area contributed by atoms with Gasteiger partial charge in [0.05, 0.1) is 13.2 Å². The number of methoxy groups -OCH3 is 1. The molecule has 1 unspecified atom stereocenters. The van der Waals surface area contributed by atoms with E-state index in [1.54, 1.807) is 14.0 Å². The van der Waals surface area contributed by atoms with Gasteiger partial charge < -0.3 is 10.5 Å². The van der Waals surface area contributed by atoms with Crippen LogP contribution in [0.15, 0.2) is 48.5 Å². The number of rotatable bonds is 4. The number of amides is 2. The second-order valence-corrected chi connectivity index (χ2v) is 4.71. The summed E-state index contributed by atoms with van der Waals surface area (Å²) in [5, 5.41) is 10.1. The number of hydrogen-bond donors (Lipinski definition) is 2. The Morgan fingerprint density at radius 1 is 1.10 bits per heavy atom. The maximum absolute atomic E-state index is 10.9. The number of carbonyl (C=O) groups is 1. The van der Waals surface area contributed by atoms with Crippen LogP contribution in [0.1, 0.15) is 18.5 Å². The van der Waals surface area contributed by atoms with Crippen LogP contribution in [0.25, 0.3) is 11.1 Å². The highest BCUT2D eigenvalue weighted by atomic mass is 16.5. The van der Waals surface area contributed by atoms with E-state index in [0.717, 1.165) is 22.4 Å². The van der Waals surface area contributed by atoms with E-state index in [9.17, 15) is 10.0 Å². The molecule has 0 aliphatic carbocycles. The summed E-state index contributed by atoms with van der Waals surface area (Å²) in [6, 6.07) is 14.0. The predicted molar refractivity (Wildman–Crippen MR) is 80.1 cm³/mol. The molecule has 3 N–H and O–H groups in total. The molecule has 0 saturated heterocycles. The van der Waals surface area contributed by atoms with Crippen LogP contribution >= 0.6 is 0 Å². The van der Waals surface area contributed by atoms with Gasteiger partial charge in [0.25, 0.3) is 0 Å². The Kier molecular flexibility index (Phi) is 4.45. The predicted octanol–water partition coefficient (Wildman–Crippen LogP) is 3.19. The van der Waals surface area contributed by atoms with Gasteiger partial charge in [-0.15, -0.1) is 0 Å². The number of primary amides is 1. The molecular formula is C16H18N2O3. The third-order valence-corrected chi connectivity index (χ3v) is 3.41. The molecule has 5 nitrogen and oxygen atoms in total. The summed E-state index contributed by atoms with van der Waals surface area (Å²) < 4.78 is 5.13. The molecule has 21 heavy (non-hydrogen) atoms. The summed E-state index contributed by atoms with van der Waals surface area (Å²) in [5.74, 6) is 0.807. The molecule has 2 rings (SSSR count). The summed E-state index contributed by atoms with van der Waals surface area (Å²) in [5.41, 5.74) is 7.95. The molecule has 0 fully saturated rings. The quantitative estimate of drug-likeness (QED) is 0.669. The standard InChI is InChI=1S/C16H18N2O3/c1-11(18(20)16(17)19)12-3-5-13(6-4-12)14-7-9-15(21-2)10-8-14/h3-11,20H,1-2H3,(H2,17,19). The molecule has 2 aromatic rings. The largest absolute Gasteiger partial charge is 0.497 e. The minimum atomic E-state index is -0.873. The number of nitrogens with two attached hydrogens (primary N) is 1. The normalized spacial score (nSPS) is 11.8. The van der Waals surface area contributed by atoms with E-state index in [2.05, 4.69) is 0 Å². The summed E-state index contributed by atoms with van der Waals surface area (Å²) in [6.45, 7) is 1.70. The molecule has 5 heteroatoms. The zero-order valence-corrected chi connectivity index (χ0v) is 12.0. The highest BCUT2D eigenvalue weighted by Crippen LogP contribution is 2.25. The van der Waals surface area contributed by atoms with Gasteiger partial charge in [-0.2, -0.15) is 5.06 Å². The van der Waals surface area contributed by atoms with Crippen molar-refractivity contribution in [3.8, 4) is 16.9 Å². The maximum atomic E-state index is 10.9. The Hall–Kier alpha value is -2.53. The number of urea groups is 1. The summed E-state index contributed by atoms with van der Waals surface area (Å²) >= 11 is 0. The Balaban J connectivity index is 2.19. The molecule has 0 aromatic heterocycles. The Morgan fingerprint density at radius 3 is 2.00 bits per heavy atom. The van der Waals surface area contributed by atoms with E-state index in [0.29, 0.717) is 5.06 Å². The first kappa shape index (κ1) is 14.9. The van der Waals surface area contributed by atoms with Crippen molar-refractivity contribution < 1.29 is 14.7 Å². The van der Waals surface area contributed by atoms with Crippen molar-refractivity contribution in [3.05, 3.63) is 54.1 Å². The fraction of sp³-hybridized carbons (Fsp3) is 0.188. The van der Waals surface area contributed by atoms with Crippen molar-refractivity contribution in [1.82, 2.24) is 5.06 Å². The molecule has 1 atom stereocenters. The first-order chi connectivity index (χ1) is 10.0. The fourth-order valence-electron chi connectivity index (χ4n) is 2.07. The number of ether oxygens (including phenoxy) is 1. The lowest BCUT2D eigenvalue weighted by atomic mass is 10.0. The van der Waals surface area contributed by atoms with E-state index in [-0.39, 0.29) is 0 Å². The molecule has 2 aromatic carbocycles. The van der Waals surface area contributed by atoms with Crippen LogP contribution in [0.2, 0.25) is 0 Å². The van der Waals surface area contributed by atoms with Gasteiger partial charge in [0.15, 0.2) is 0 Å². The third kappa shape index (κ3) is 3.32. The van der Waals surface area contributed by atoms with Crippen molar-refractivity contribution in [2.24, 2.45) is 5.73 Å². The highest BCUT2D eigenvalue weighted by Gasteiger charge is 2.16. The molecule has 0 spiro atoms. The van der Waals surface area contributed by atoms with Crippen LogP contribution in [0.3, 0.4) is 0 Å². The zero-order chi connectivity index (χ0) is 15.4. The van der Waals surface area contributed by atoms with Crippen LogP contribution in [0.4, 0.5) is 4.79 Å². The van der Waals surface area contributed by atoms with Gasteiger partial charge in [-0.05, 0) is 35.7 Å². The van der Waals surface area contributed by atoms with Crippen LogP contribution in [0, 0.1) is 0 Å². The van der Waals surface area contributed by atoms with E-state index >= 15 is 0 Å². The smallest absolute Gasteiger partial charge is 0.339 e. The minimum absolute atomic E-state index is 0.493. The topological polar surface area (TPSA) is 75.8 Å². The molecule has 110 valence electrons. The van der Waals surface area contributed by atoms with Gasteiger partial charge in [-0.3, -0.25) is 5.21 Å². The van der Waals surface area contributed by atoms with E-state index in [4.69, 9.17) is 10.5 Å². The monoisotopic (exact) mass is 286 g/mol. The van der Waals surface area contributed by atoms with Gasteiger partial charge in [0.2, 0.25) is 0 Å². The Labute approximate surface area is 123 Å². The number of nitrogens with zero attached hydrogens (tertiary/aromatic N) is 1. The number of benzene rings is 2. The molecule has 0 aliphatic heterocycles. The van der Waals surface area contributed by atoms with Gasteiger partial charge in [0.1, 0.15) is 5.75 Å². The maximum Gasteiger partial charge on any atom is 0.339 e. The summed E-state index contributed by atoms with van der Waals surface area (Å²) in [4.78, 5) is 10.9. The van der Waals surface area contributed by atoms with E-state index in [1.807, 2.05) is 48.5 Å². The minimum Gasteiger partial charge on any atom is -0.497 e. The zero-order valence-electron chi connectivity index (χ0n) is 12.0. The van der Waals surface area contributed by atoms with Crippen molar-refractivity contribution in [2.75, 3.05) is 7.11 Å². The Bertz CT molecular complexity index is 608. The molecule has 0 aliphatic rings. The van der Waals surface area contributed by atoms with Gasteiger partial charge >= 0.3 is 6.03 Å². The van der Waals surface area contributed by atoms with Crippen molar-refractivity contribution >= 4 is 6.03 Å². The van der Waals surface area contributed by atoms with Gasteiger partial charge in [-0.1, -0.05) is 36.4 Å². The molecule has 0 radical (unpaired) electrons. The molecule has 0 bridgehead atoms. The lowest BCUT2D eigenvalue weighted by Gasteiger charge is -2.21. The van der Waals surface area contributed by atoms with Crippen molar-refractivity contribution in [3.63, 3.8) is 0 Å². The first-order valence-electron chi connectivity index (χ1n) is 6.55. The molecular weight excluding hydrogens is 268 g/mol. The molecule has 2 amide bonds. The molecule has 0 saturated carbocycles. The van der Waals surface area contributed by atoms with Crippen LogP contribution in [-0.4, -0.2) is 23.4 Å². The third-order valence-electron chi connectivity index (χ3n) is 3.41. The van der Waals surface area contributed by atoms with E-state index in [1.165, 1.54) is 0 Å². The lowest BCUT2D eigenvalue weighted by Crippen LogP contribution is -2.34. The average molecular weight is 286 g/mol. The van der Waals surface area contributed by atoms with E-state index < -0.39 is 12.1 Å². The number of hydroxylamine groups is 2. The lowest BCUT2D eigenvalue weighted by molar-refractivity contribution is -0.0709. The highest BCUT2D eigenvalue weighted by molar-refractivity contribution is 5.71. The number of hydrogen-bond acceptors (Lipinski definition) is 3. The first-order valence-corrected chi connectivity index (χ1v) is 6.55.